The van der Waals surface area contributed by atoms with Gasteiger partial charge in [-0.15, -0.1) is 0 Å². The number of nitrogens with one attached hydrogen (secondary N) is 1. The number of amides is 1. The maximum atomic E-state index is 14.4. The molecule has 0 radical (unpaired) electrons. The van der Waals surface area contributed by atoms with Crippen molar-refractivity contribution in [2.45, 2.75) is 39.2 Å². The zero-order valence-corrected chi connectivity index (χ0v) is 12.4. The number of benzene rings is 1. The molecule has 0 saturated carbocycles. The largest absolute Gasteiger partial charge is 0.378 e. The topological polar surface area (TPSA) is 52.6 Å². The van der Waals surface area contributed by atoms with E-state index in [1.165, 1.54) is 6.07 Å². The number of anilines is 2. The van der Waals surface area contributed by atoms with Gasteiger partial charge in [-0.2, -0.15) is 0 Å². The molecular formula is C16H21FN2O2. The molecule has 1 unspecified atom stereocenters. The van der Waals surface area contributed by atoms with Crippen molar-refractivity contribution < 1.29 is 14.3 Å². The molecule has 21 heavy (non-hydrogen) atoms. The number of hydrogen-bond acceptors (Lipinski definition) is 3. The van der Waals surface area contributed by atoms with Gasteiger partial charge in [-0.1, -0.05) is 13.8 Å². The lowest BCUT2D eigenvalue weighted by molar-refractivity contribution is -0.123. The molecule has 2 aliphatic heterocycles. The highest BCUT2D eigenvalue weighted by molar-refractivity contribution is 6.02. The van der Waals surface area contributed by atoms with E-state index in [0.29, 0.717) is 16.9 Å². The van der Waals surface area contributed by atoms with Gasteiger partial charge in [0.05, 0.1) is 5.69 Å². The molecule has 1 amide bonds. The van der Waals surface area contributed by atoms with Crippen LogP contribution < -0.4 is 10.2 Å². The monoisotopic (exact) mass is 292 g/mol. The first-order chi connectivity index (χ1) is 9.99. The van der Waals surface area contributed by atoms with E-state index in [1.54, 1.807) is 6.07 Å². The molecule has 0 aliphatic carbocycles. The maximum Gasteiger partial charge on any atom is 0.257 e. The van der Waals surface area contributed by atoms with E-state index in [1.807, 2.05) is 0 Å². The maximum absolute atomic E-state index is 14.4. The number of halogens is 1. The van der Waals surface area contributed by atoms with Gasteiger partial charge in [0.15, 0.2) is 6.10 Å². The minimum Gasteiger partial charge on any atom is -0.378 e. The van der Waals surface area contributed by atoms with Crippen LogP contribution in [-0.2, 0) is 4.79 Å². The van der Waals surface area contributed by atoms with Crippen molar-refractivity contribution in [2.75, 3.05) is 23.3 Å². The number of nitrogens with zero attached hydrogens (tertiary/aromatic N) is 1. The first-order valence-corrected chi connectivity index (χ1v) is 7.57. The van der Waals surface area contributed by atoms with Gasteiger partial charge in [-0.05, 0) is 36.8 Å². The minimum absolute atomic E-state index is 0.258. The summed E-state index contributed by atoms with van der Waals surface area (Å²) in [6.07, 6.45) is 1.97. The molecule has 0 aromatic heterocycles. The van der Waals surface area contributed by atoms with Gasteiger partial charge in [0.25, 0.3) is 5.91 Å². The Labute approximate surface area is 124 Å². The van der Waals surface area contributed by atoms with Crippen LogP contribution >= 0.6 is 0 Å². The fourth-order valence-electron chi connectivity index (χ4n) is 3.46. The molecule has 1 saturated heterocycles. The van der Waals surface area contributed by atoms with E-state index in [-0.39, 0.29) is 11.2 Å². The zero-order chi connectivity index (χ0) is 15.2. The smallest absolute Gasteiger partial charge is 0.257 e. The van der Waals surface area contributed by atoms with Crippen LogP contribution in [0.25, 0.3) is 0 Å². The summed E-state index contributed by atoms with van der Waals surface area (Å²) in [7, 11) is 0. The summed E-state index contributed by atoms with van der Waals surface area (Å²) in [6.45, 7) is 6.03. The Kier molecular flexibility index (Phi) is 3.40. The molecule has 0 bridgehead atoms. The van der Waals surface area contributed by atoms with E-state index in [9.17, 15) is 14.3 Å². The Morgan fingerprint density at radius 2 is 2.14 bits per heavy atom. The van der Waals surface area contributed by atoms with Crippen LogP contribution in [0.15, 0.2) is 12.1 Å². The average molecular weight is 292 g/mol. The Morgan fingerprint density at radius 1 is 1.43 bits per heavy atom. The predicted molar refractivity (Wildman–Crippen MR) is 79.8 cm³/mol. The second-order valence-electron chi connectivity index (χ2n) is 6.16. The highest BCUT2D eigenvalue weighted by Gasteiger charge is 2.37. The molecule has 2 N–H and O–H groups in total. The Bertz CT molecular complexity index is 584. The van der Waals surface area contributed by atoms with E-state index >= 15 is 0 Å². The fraction of sp³-hybridized carbons (Fsp3) is 0.562. The third kappa shape index (κ3) is 2.20. The third-order valence-corrected chi connectivity index (χ3v) is 5.20. The van der Waals surface area contributed by atoms with Crippen LogP contribution in [0.4, 0.5) is 15.8 Å². The van der Waals surface area contributed by atoms with Crippen LogP contribution in [-0.4, -0.2) is 24.1 Å². The number of carbonyl (C=O) groups excluding carboxylic acids is 1. The fourth-order valence-corrected chi connectivity index (χ4v) is 3.46. The molecule has 0 spiro atoms. The number of aliphatic hydroxyl groups excluding tert-OH is 1. The van der Waals surface area contributed by atoms with Crippen LogP contribution in [0.3, 0.4) is 0 Å². The van der Waals surface area contributed by atoms with Gasteiger partial charge in [0.1, 0.15) is 5.82 Å². The summed E-state index contributed by atoms with van der Waals surface area (Å²) in [5.74, 6) is -0.855. The van der Waals surface area contributed by atoms with Gasteiger partial charge >= 0.3 is 0 Å². The molecule has 2 aliphatic rings. The summed E-state index contributed by atoms with van der Waals surface area (Å²) in [4.78, 5) is 13.5. The van der Waals surface area contributed by atoms with Crippen molar-refractivity contribution in [3.05, 3.63) is 23.5 Å². The molecule has 5 heteroatoms. The predicted octanol–water partition coefficient (Wildman–Crippen LogP) is 2.83. The highest BCUT2D eigenvalue weighted by atomic mass is 19.1. The number of hydrogen-bond donors (Lipinski definition) is 2. The molecule has 114 valence electrons. The number of fused-ring (bicyclic) bond motifs is 1. The average Bonchev–Trinajstić information content (AvgIpc) is 3.03. The quantitative estimate of drug-likeness (QED) is 0.900. The Morgan fingerprint density at radius 3 is 2.76 bits per heavy atom. The lowest BCUT2D eigenvalue weighted by Crippen LogP contribution is -2.26. The van der Waals surface area contributed by atoms with Crippen molar-refractivity contribution in [3.8, 4) is 0 Å². The highest BCUT2D eigenvalue weighted by Crippen LogP contribution is 2.42. The van der Waals surface area contributed by atoms with E-state index in [2.05, 4.69) is 24.1 Å². The molecule has 2 heterocycles. The van der Waals surface area contributed by atoms with Gasteiger partial charge in [-0.3, -0.25) is 4.79 Å². The normalized spacial score (nSPS) is 23.3. The molecule has 3 rings (SSSR count). The van der Waals surface area contributed by atoms with Crippen LogP contribution in [0.5, 0.6) is 0 Å². The van der Waals surface area contributed by atoms with Gasteiger partial charge in [0.2, 0.25) is 0 Å². The Hall–Kier alpha value is -1.62. The molecule has 4 nitrogen and oxygen atoms in total. The van der Waals surface area contributed by atoms with Crippen molar-refractivity contribution in [3.63, 3.8) is 0 Å². The van der Waals surface area contributed by atoms with Gasteiger partial charge < -0.3 is 15.3 Å². The third-order valence-electron chi connectivity index (χ3n) is 5.20. The lowest BCUT2D eigenvalue weighted by atomic mass is 9.82. The SMILES string of the molecule is CCC1(CC)CCN(c2cc3c(cc2F)C(O)C(=O)N3)C1. The van der Waals surface area contributed by atoms with E-state index < -0.39 is 12.0 Å². The number of carbonyl (C=O) groups is 1. The standard InChI is InChI=1S/C16H21FN2O2/c1-3-16(4-2)5-6-19(9-16)13-8-12-10(7-11(13)17)14(20)15(21)18-12/h7-8,14,20H,3-6,9H2,1-2H3,(H,18,21). The molecule has 1 atom stereocenters. The van der Waals surface area contributed by atoms with Gasteiger partial charge in [0, 0.05) is 24.3 Å². The van der Waals surface area contributed by atoms with Crippen LogP contribution in [0.1, 0.15) is 44.8 Å². The molecular weight excluding hydrogens is 271 g/mol. The van der Waals surface area contributed by atoms with Crippen LogP contribution in [0.2, 0.25) is 0 Å². The second kappa shape index (κ2) is 4.98. The summed E-state index contributed by atoms with van der Waals surface area (Å²) in [5.41, 5.74) is 1.63. The second-order valence-corrected chi connectivity index (χ2v) is 6.16. The van der Waals surface area contributed by atoms with Crippen molar-refractivity contribution in [1.29, 1.82) is 0 Å². The van der Waals surface area contributed by atoms with E-state index in [0.717, 1.165) is 32.4 Å². The van der Waals surface area contributed by atoms with Gasteiger partial charge in [-0.25, -0.2) is 4.39 Å². The number of rotatable bonds is 3. The molecule has 1 aromatic carbocycles. The molecule has 1 aromatic rings. The first-order valence-electron chi connectivity index (χ1n) is 7.57. The Balaban J connectivity index is 1.92. The van der Waals surface area contributed by atoms with Crippen molar-refractivity contribution in [1.82, 2.24) is 0 Å². The number of aliphatic hydroxyl groups is 1. The van der Waals surface area contributed by atoms with E-state index in [4.69, 9.17) is 0 Å². The van der Waals surface area contributed by atoms with Crippen molar-refractivity contribution >= 4 is 17.3 Å². The zero-order valence-electron chi connectivity index (χ0n) is 12.4. The molecule has 1 fully saturated rings. The minimum atomic E-state index is -1.26. The summed E-state index contributed by atoms with van der Waals surface area (Å²) < 4.78 is 14.4. The first kappa shape index (κ1) is 14.3. The summed E-state index contributed by atoms with van der Waals surface area (Å²) >= 11 is 0. The van der Waals surface area contributed by atoms with Crippen molar-refractivity contribution in [2.24, 2.45) is 5.41 Å². The summed E-state index contributed by atoms with van der Waals surface area (Å²) in [5, 5.41) is 12.3. The lowest BCUT2D eigenvalue weighted by Gasteiger charge is -2.27. The van der Waals surface area contributed by atoms with Crippen LogP contribution in [0, 0.1) is 11.2 Å². The summed E-state index contributed by atoms with van der Waals surface area (Å²) in [6, 6.07) is 2.94.